The zero-order valence-corrected chi connectivity index (χ0v) is 22.9. The van der Waals surface area contributed by atoms with Crippen molar-refractivity contribution in [2.75, 3.05) is 22.6 Å². The van der Waals surface area contributed by atoms with Gasteiger partial charge in [-0.3, -0.25) is 9.59 Å². The highest BCUT2D eigenvalue weighted by molar-refractivity contribution is 5.95. The highest BCUT2D eigenvalue weighted by Crippen LogP contribution is 2.46. The first-order valence-corrected chi connectivity index (χ1v) is 12.8. The van der Waals surface area contributed by atoms with Gasteiger partial charge in [0.2, 0.25) is 0 Å². The number of carboxylic acids is 1. The van der Waals surface area contributed by atoms with Gasteiger partial charge in [-0.05, 0) is 48.7 Å². The van der Waals surface area contributed by atoms with Crippen LogP contribution in [0, 0.1) is 12.3 Å². The van der Waals surface area contributed by atoms with E-state index in [2.05, 4.69) is 10.6 Å². The molecule has 40 heavy (non-hydrogen) atoms. The molecule has 0 saturated carbocycles. The lowest BCUT2D eigenvalue weighted by Crippen LogP contribution is -2.39. The first-order valence-electron chi connectivity index (χ1n) is 12.8. The van der Waals surface area contributed by atoms with Crippen molar-refractivity contribution in [1.29, 1.82) is 0 Å². The molecule has 1 aliphatic heterocycles. The van der Waals surface area contributed by atoms with Gasteiger partial charge in [-0.1, -0.05) is 32.9 Å². The predicted molar refractivity (Wildman–Crippen MR) is 151 cm³/mol. The van der Waals surface area contributed by atoms with Crippen LogP contribution in [0.4, 0.5) is 22.7 Å². The number of ether oxygens (including phenoxy) is 1. The summed E-state index contributed by atoms with van der Waals surface area (Å²) in [6.07, 6.45) is -1.25. The van der Waals surface area contributed by atoms with Crippen LogP contribution in [0.3, 0.4) is 0 Å². The van der Waals surface area contributed by atoms with Gasteiger partial charge in [-0.25, -0.2) is 4.79 Å². The van der Waals surface area contributed by atoms with Gasteiger partial charge in [0, 0.05) is 23.4 Å². The first-order chi connectivity index (χ1) is 18.9. The largest absolute Gasteiger partial charge is 0.496 e. The number of carboxylic acid groups (broad SMARTS) is 1. The number of aromatic carboxylic acids is 1. The third kappa shape index (κ3) is 4.50. The van der Waals surface area contributed by atoms with E-state index in [1.807, 2.05) is 39.8 Å². The summed E-state index contributed by atoms with van der Waals surface area (Å²) in [6, 6.07) is 13.0. The number of fused-ring (bicyclic) bond motifs is 1. The van der Waals surface area contributed by atoms with Crippen LogP contribution in [0.25, 0.3) is 0 Å². The Balaban J connectivity index is 1.52. The van der Waals surface area contributed by atoms with E-state index >= 15 is 0 Å². The molecule has 0 radical (unpaired) electrons. The molecule has 208 valence electrons. The average Bonchev–Trinajstić information content (AvgIpc) is 3.50. The molecule has 1 aliphatic rings. The molecule has 4 aromatic rings. The lowest BCUT2D eigenvalue weighted by atomic mass is 9.85. The van der Waals surface area contributed by atoms with E-state index in [0.29, 0.717) is 34.0 Å². The molecule has 1 unspecified atom stereocenters. The van der Waals surface area contributed by atoms with Crippen LogP contribution in [-0.2, 0) is 6.54 Å². The second kappa shape index (κ2) is 9.87. The monoisotopic (exact) mass is 545 g/mol. The van der Waals surface area contributed by atoms with E-state index in [4.69, 9.17) is 9.15 Å². The van der Waals surface area contributed by atoms with Crippen molar-refractivity contribution in [2.45, 2.75) is 46.5 Å². The Kier molecular flexibility index (Phi) is 6.67. The number of hydrogen-bond acceptors (Lipinski definition) is 9. The van der Waals surface area contributed by atoms with Crippen molar-refractivity contribution >= 4 is 28.7 Å². The van der Waals surface area contributed by atoms with Crippen LogP contribution in [-0.4, -0.2) is 23.3 Å². The van der Waals surface area contributed by atoms with E-state index < -0.39 is 29.1 Å². The molecule has 0 bridgehead atoms. The van der Waals surface area contributed by atoms with Crippen molar-refractivity contribution in [2.24, 2.45) is 5.41 Å². The number of aliphatic hydroxyl groups is 1. The Morgan fingerprint density at radius 2 is 1.77 bits per heavy atom. The van der Waals surface area contributed by atoms with E-state index in [9.17, 15) is 24.6 Å². The molecule has 10 nitrogen and oxygen atoms in total. The fourth-order valence-corrected chi connectivity index (χ4v) is 5.19. The summed E-state index contributed by atoms with van der Waals surface area (Å²) in [5.41, 5.74) is 0.337. The molecule has 0 saturated heterocycles. The number of furan rings is 1. The second-order valence-electron chi connectivity index (χ2n) is 11.0. The molecule has 2 heterocycles. The number of aliphatic hydroxyl groups excluding tert-OH is 1. The fourth-order valence-electron chi connectivity index (χ4n) is 5.19. The number of aryl methyl sites for hydroxylation is 1. The van der Waals surface area contributed by atoms with Gasteiger partial charge in [0.05, 0.1) is 24.4 Å². The fraction of sp³-hybridized carbons (Fsp3) is 0.300. The number of para-hydroxylation sites is 1. The average molecular weight is 546 g/mol. The number of carbonyl (C=O) groups is 1. The molecule has 0 spiro atoms. The van der Waals surface area contributed by atoms with Crippen LogP contribution in [0.5, 0.6) is 5.75 Å². The predicted octanol–water partition coefficient (Wildman–Crippen LogP) is 4.84. The Morgan fingerprint density at radius 3 is 2.40 bits per heavy atom. The summed E-state index contributed by atoms with van der Waals surface area (Å²) >= 11 is 0. The summed E-state index contributed by atoms with van der Waals surface area (Å²) in [4.78, 5) is 38.9. The van der Waals surface area contributed by atoms with Crippen molar-refractivity contribution in [3.05, 3.63) is 97.2 Å². The molecular weight excluding hydrogens is 514 g/mol. The van der Waals surface area contributed by atoms with Crippen molar-refractivity contribution < 1.29 is 24.2 Å². The molecule has 10 heteroatoms. The maximum atomic E-state index is 12.8. The zero-order valence-electron chi connectivity index (χ0n) is 22.9. The van der Waals surface area contributed by atoms with E-state index in [1.165, 1.54) is 13.2 Å². The first kappa shape index (κ1) is 27.0. The van der Waals surface area contributed by atoms with Gasteiger partial charge in [0.15, 0.2) is 6.23 Å². The number of benzene rings is 2. The third-order valence-electron chi connectivity index (χ3n) is 7.23. The van der Waals surface area contributed by atoms with E-state index in [0.717, 1.165) is 5.76 Å². The Morgan fingerprint density at radius 1 is 1.07 bits per heavy atom. The van der Waals surface area contributed by atoms with E-state index in [1.54, 1.807) is 35.2 Å². The van der Waals surface area contributed by atoms with Crippen molar-refractivity contribution in [3.63, 3.8) is 0 Å². The second-order valence-corrected chi connectivity index (χ2v) is 11.0. The van der Waals surface area contributed by atoms with Crippen LogP contribution >= 0.6 is 0 Å². The summed E-state index contributed by atoms with van der Waals surface area (Å²) < 4.78 is 11.4. The van der Waals surface area contributed by atoms with Gasteiger partial charge in [0.1, 0.15) is 28.6 Å². The smallest absolute Gasteiger partial charge is 0.337 e. The number of rotatable bonds is 8. The summed E-state index contributed by atoms with van der Waals surface area (Å²) in [7, 11) is 1.50. The Labute approximate surface area is 230 Å². The van der Waals surface area contributed by atoms with Gasteiger partial charge in [-0.15, -0.1) is 0 Å². The lowest BCUT2D eigenvalue weighted by molar-refractivity contribution is 0.0697. The zero-order chi connectivity index (χ0) is 28.9. The standard InChI is InChI=1S/C30H31N3O7/c1-15-10-12-21(40-15)27(30(2,3)4)32-24-23(25(34)26(24)35)31-18-11-13-20(39-5)17-14-33(28(36)22(17)18)19-9-7-6-8-16(19)29(37)38/h6-13,27-28,31-32,36H,14H2,1-5H3,(H,37,38)/t27-,28?/m0/s1. The minimum atomic E-state index is -1.25. The van der Waals surface area contributed by atoms with E-state index in [-0.39, 0.29) is 28.9 Å². The SMILES string of the molecule is COc1ccc(Nc2c(N[C@@H](c3ccc(C)o3)C(C)(C)C)c(=O)c2=O)c2c1CN(c1ccccc1C(=O)O)C2O. The lowest BCUT2D eigenvalue weighted by Gasteiger charge is -2.32. The van der Waals surface area contributed by atoms with Crippen molar-refractivity contribution in [1.82, 2.24) is 0 Å². The minimum Gasteiger partial charge on any atom is -0.496 e. The summed E-state index contributed by atoms with van der Waals surface area (Å²) in [5, 5.41) is 27.4. The molecule has 0 aliphatic carbocycles. The molecule has 2 atom stereocenters. The van der Waals surface area contributed by atoms with Gasteiger partial charge < -0.3 is 34.9 Å². The highest BCUT2D eigenvalue weighted by atomic mass is 16.5. The molecule has 0 fully saturated rings. The van der Waals surface area contributed by atoms with Crippen LogP contribution in [0.15, 0.2) is 62.5 Å². The molecule has 0 amide bonds. The van der Waals surface area contributed by atoms with Gasteiger partial charge in [0.25, 0.3) is 10.9 Å². The topological polar surface area (TPSA) is 141 Å². The molecule has 4 N–H and O–H groups in total. The summed E-state index contributed by atoms with van der Waals surface area (Å²) in [6.45, 7) is 7.99. The Bertz CT molecular complexity index is 1670. The van der Waals surface area contributed by atoms with Crippen LogP contribution in [0.2, 0.25) is 0 Å². The van der Waals surface area contributed by atoms with Crippen molar-refractivity contribution in [3.8, 4) is 5.75 Å². The maximum absolute atomic E-state index is 12.8. The van der Waals surface area contributed by atoms with Crippen LogP contribution in [0.1, 0.15) is 66.0 Å². The maximum Gasteiger partial charge on any atom is 0.337 e. The number of methoxy groups -OCH3 is 1. The molecule has 5 rings (SSSR count). The highest BCUT2D eigenvalue weighted by Gasteiger charge is 2.37. The third-order valence-corrected chi connectivity index (χ3v) is 7.23. The normalized spacial score (nSPS) is 15.7. The Hall–Kier alpha value is -4.57. The van der Waals surface area contributed by atoms with Gasteiger partial charge in [-0.2, -0.15) is 0 Å². The molecule has 1 aromatic heterocycles. The number of hydrogen-bond donors (Lipinski definition) is 4. The summed E-state index contributed by atoms with van der Waals surface area (Å²) in [5.74, 6) is 0.742. The number of anilines is 4. The van der Waals surface area contributed by atoms with Gasteiger partial charge >= 0.3 is 5.97 Å². The number of nitrogens with zero attached hydrogens (tertiary/aromatic N) is 1. The molecule has 3 aromatic carbocycles. The van der Waals surface area contributed by atoms with Crippen LogP contribution < -0.4 is 31.1 Å². The number of nitrogens with one attached hydrogen (secondary N) is 2. The molecular formula is C30H31N3O7. The minimum absolute atomic E-state index is 0.0400. The quantitative estimate of drug-likeness (QED) is 0.227.